The van der Waals surface area contributed by atoms with Crippen LogP contribution in [-0.2, 0) is 9.53 Å². The highest BCUT2D eigenvalue weighted by Crippen LogP contribution is 2.07. The quantitative estimate of drug-likeness (QED) is 0.738. The standard InChI is InChI=1S/C12H25NO2/c1-6-10(7-2)8-13-11(14)9-15-12(3,4)5/h10H,6-9H2,1-5H3,(H,13,14). The van der Waals surface area contributed by atoms with Crippen LogP contribution >= 0.6 is 0 Å². The van der Waals surface area contributed by atoms with Crippen LogP contribution in [0.1, 0.15) is 47.5 Å². The average molecular weight is 215 g/mol. The van der Waals surface area contributed by atoms with Gasteiger partial charge in [0, 0.05) is 6.54 Å². The summed E-state index contributed by atoms with van der Waals surface area (Å²) in [4.78, 5) is 11.4. The van der Waals surface area contributed by atoms with E-state index >= 15 is 0 Å². The fourth-order valence-electron chi connectivity index (χ4n) is 1.17. The van der Waals surface area contributed by atoms with Crippen LogP contribution in [0.15, 0.2) is 0 Å². The van der Waals surface area contributed by atoms with Gasteiger partial charge in [-0.15, -0.1) is 0 Å². The average Bonchev–Trinajstić information content (AvgIpc) is 2.15. The second-order valence-electron chi connectivity index (χ2n) is 4.89. The number of hydrogen-bond acceptors (Lipinski definition) is 2. The van der Waals surface area contributed by atoms with Crippen molar-refractivity contribution in [1.29, 1.82) is 0 Å². The Morgan fingerprint density at radius 2 is 1.80 bits per heavy atom. The summed E-state index contributed by atoms with van der Waals surface area (Å²) in [5.74, 6) is 0.570. The third kappa shape index (κ3) is 8.43. The topological polar surface area (TPSA) is 38.3 Å². The molecule has 0 aromatic rings. The summed E-state index contributed by atoms with van der Waals surface area (Å²) in [5.41, 5.74) is -0.244. The lowest BCUT2D eigenvalue weighted by atomic mass is 10.0. The number of rotatable bonds is 6. The molecule has 0 bridgehead atoms. The third-order valence-corrected chi connectivity index (χ3v) is 2.38. The Morgan fingerprint density at radius 1 is 1.27 bits per heavy atom. The Morgan fingerprint density at radius 3 is 2.20 bits per heavy atom. The van der Waals surface area contributed by atoms with Crippen molar-refractivity contribution in [3.05, 3.63) is 0 Å². The summed E-state index contributed by atoms with van der Waals surface area (Å²) in [7, 11) is 0. The van der Waals surface area contributed by atoms with Crippen LogP contribution in [0.3, 0.4) is 0 Å². The first-order chi connectivity index (χ1) is 6.89. The normalized spacial score (nSPS) is 11.9. The van der Waals surface area contributed by atoms with Crippen LogP contribution in [-0.4, -0.2) is 24.7 Å². The number of carbonyl (C=O) groups is 1. The zero-order valence-corrected chi connectivity index (χ0v) is 10.7. The molecule has 0 rings (SSSR count). The van der Waals surface area contributed by atoms with Gasteiger partial charge < -0.3 is 10.1 Å². The van der Waals surface area contributed by atoms with Gasteiger partial charge in [0.05, 0.1) is 5.60 Å². The molecule has 0 unspecified atom stereocenters. The zero-order chi connectivity index (χ0) is 11.9. The summed E-state index contributed by atoms with van der Waals surface area (Å²) >= 11 is 0. The predicted molar refractivity (Wildman–Crippen MR) is 62.8 cm³/mol. The summed E-state index contributed by atoms with van der Waals surface area (Å²) in [6.45, 7) is 11.0. The molecule has 0 heterocycles. The van der Waals surface area contributed by atoms with Crippen LogP contribution in [0.4, 0.5) is 0 Å². The SMILES string of the molecule is CCC(CC)CNC(=O)COC(C)(C)C. The molecule has 0 aliphatic rings. The van der Waals surface area contributed by atoms with Crippen LogP contribution in [0.5, 0.6) is 0 Å². The van der Waals surface area contributed by atoms with Gasteiger partial charge in [0.2, 0.25) is 5.91 Å². The van der Waals surface area contributed by atoms with Crippen molar-refractivity contribution >= 4 is 5.91 Å². The van der Waals surface area contributed by atoms with Crippen molar-refractivity contribution in [2.45, 2.75) is 53.1 Å². The summed E-state index contributed by atoms with van der Waals surface area (Å²) in [6, 6.07) is 0. The molecule has 0 spiro atoms. The fraction of sp³-hybridized carbons (Fsp3) is 0.917. The van der Waals surface area contributed by atoms with Crippen molar-refractivity contribution < 1.29 is 9.53 Å². The highest BCUT2D eigenvalue weighted by atomic mass is 16.5. The zero-order valence-electron chi connectivity index (χ0n) is 10.7. The molecule has 3 heteroatoms. The van der Waals surface area contributed by atoms with Crippen molar-refractivity contribution in [2.24, 2.45) is 5.92 Å². The Labute approximate surface area is 93.6 Å². The molecule has 0 radical (unpaired) electrons. The minimum absolute atomic E-state index is 0.0168. The van der Waals surface area contributed by atoms with Gasteiger partial charge in [0.15, 0.2) is 0 Å². The lowest BCUT2D eigenvalue weighted by Crippen LogP contribution is -2.34. The highest BCUT2D eigenvalue weighted by molar-refractivity contribution is 5.77. The van der Waals surface area contributed by atoms with Crippen molar-refractivity contribution in [1.82, 2.24) is 5.32 Å². The second kappa shape index (κ2) is 6.83. The van der Waals surface area contributed by atoms with E-state index in [1.54, 1.807) is 0 Å². The van der Waals surface area contributed by atoms with Crippen LogP contribution < -0.4 is 5.32 Å². The lowest BCUT2D eigenvalue weighted by molar-refractivity contribution is -0.130. The van der Waals surface area contributed by atoms with E-state index in [0.717, 1.165) is 19.4 Å². The molecule has 1 N–H and O–H groups in total. The smallest absolute Gasteiger partial charge is 0.246 e. The summed E-state index contributed by atoms with van der Waals surface area (Å²) in [5, 5.41) is 2.89. The molecule has 0 aromatic heterocycles. The number of carbonyl (C=O) groups excluding carboxylic acids is 1. The molecule has 0 aromatic carbocycles. The van der Waals surface area contributed by atoms with Gasteiger partial charge >= 0.3 is 0 Å². The van der Waals surface area contributed by atoms with E-state index in [1.807, 2.05) is 20.8 Å². The van der Waals surface area contributed by atoms with Crippen LogP contribution in [0, 0.1) is 5.92 Å². The molecule has 15 heavy (non-hydrogen) atoms. The second-order valence-corrected chi connectivity index (χ2v) is 4.89. The van der Waals surface area contributed by atoms with Crippen LogP contribution in [0.25, 0.3) is 0 Å². The molecule has 0 aliphatic heterocycles. The first kappa shape index (κ1) is 14.4. The van der Waals surface area contributed by atoms with E-state index in [-0.39, 0.29) is 18.1 Å². The third-order valence-electron chi connectivity index (χ3n) is 2.38. The van der Waals surface area contributed by atoms with Gasteiger partial charge in [0.25, 0.3) is 0 Å². The molecule has 0 saturated carbocycles. The minimum atomic E-state index is -0.244. The summed E-state index contributed by atoms with van der Waals surface area (Å²) < 4.78 is 5.38. The number of nitrogens with one attached hydrogen (secondary N) is 1. The van der Waals surface area contributed by atoms with Gasteiger partial charge in [0.1, 0.15) is 6.61 Å². The first-order valence-corrected chi connectivity index (χ1v) is 5.79. The van der Waals surface area contributed by atoms with Gasteiger partial charge in [-0.05, 0) is 26.7 Å². The van der Waals surface area contributed by atoms with E-state index < -0.39 is 0 Å². The number of hydrogen-bond donors (Lipinski definition) is 1. The van der Waals surface area contributed by atoms with Crippen molar-refractivity contribution in [3.8, 4) is 0 Å². The highest BCUT2D eigenvalue weighted by Gasteiger charge is 2.13. The van der Waals surface area contributed by atoms with Gasteiger partial charge in [-0.25, -0.2) is 0 Å². The van der Waals surface area contributed by atoms with E-state index in [0.29, 0.717) is 5.92 Å². The van der Waals surface area contributed by atoms with Crippen LogP contribution in [0.2, 0.25) is 0 Å². The van der Waals surface area contributed by atoms with Gasteiger partial charge in [-0.3, -0.25) is 4.79 Å². The monoisotopic (exact) mass is 215 g/mol. The Balaban J connectivity index is 3.66. The Bertz CT molecular complexity index is 181. The van der Waals surface area contributed by atoms with E-state index in [9.17, 15) is 4.79 Å². The molecule has 0 aliphatic carbocycles. The van der Waals surface area contributed by atoms with E-state index in [2.05, 4.69) is 19.2 Å². The lowest BCUT2D eigenvalue weighted by Gasteiger charge is -2.19. The predicted octanol–water partition coefficient (Wildman–Crippen LogP) is 2.35. The Hall–Kier alpha value is -0.570. The van der Waals surface area contributed by atoms with Crippen molar-refractivity contribution in [2.75, 3.05) is 13.2 Å². The molecule has 1 amide bonds. The first-order valence-electron chi connectivity index (χ1n) is 5.79. The maximum Gasteiger partial charge on any atom is 0.246 e. The fourth-order valence-corrected chi connectivity index (χ4v) is 1.17. The maximum atomic E-state index is 11.4. The van der Waals surface area contributed by atoms with E-state index in [1.165, 1.54) is 0 Å². The molecule has 3 nitrogen and oxygen atoms in total. The molecule has 90 valence electrons. The van der Waals surface area contributed by atoms with Crippen molar-refractivity contribution in [3.63, 3.8) is 0 Å². The number of amides is 1. The largest absolute Gasteiger partial charge is 0.366 e. The van der Waals surface area contributed by atoms with Gasteiger partial charge in [-0.1, -0.05) is 26.7 Å². The maximum absolute atomic E-state index is 11.4. The molecule has 0 saturated heterocycles. The van der Waals surface area contributed by atoms with E-state index in [4.69, 9.17) is 4.74 Å². The summed E-state index contributed by atoms with van der Waals surface area (Å²) in [6.07, 6.45) is 2.22. The van der Waals surface area contributed by atoms with Gasteiger partial charge in [-0.2, -0.15) is 0 Å². The molecule has 0 fully saturated rings. The minimum Gasteiger partial charge on any atom is -0.366 e. The number of ether oxygens (including phenoxy) is 1. The molecular formula is C12H25NO2. The Kier molecular flexibility index (Phi) is 6.57. The molecular weight excluding hydrogens is 190 g/mol. The molecule has 0 atom stereocenters.